The molecule has 0 saturated carbocycles. The van der Waals surface area contributed by atoms with Crippen LogP contribution in [0.2, 0.25) is 0 Å². The van der Waals surface area contributed by atoms with Crippen LogP contribution in [0.25, 0.3) is 0 Å². The second-order valence-corrected chi connectivity index (χ2v) is 9.28. The Morgan fingerprint density at radius 3 is 0.724 bits per heavy atom. The van der Waals surface area contributed by atoms with Gasteiger partial charge in [0.15, 0.2) is 0 Å². The second-order valence-electron chi connectivity index (χ2n) is 9.28. The van der Waals surface area contributed by atoms with Crippen LogP contribution >= 0.6 is 0 Å². The Bertz CT molecular complexity index is 332. The molecule has 0 aliphatic carbocycles. The molecule has 0 radical (unpaired) electrons. The van der Waals surface area contributed by atoms with E-state index in [4.69, 9.17) is 0 Å². The van der Waals surface area contributed by atoms with Crippen LogP contribution in [0.15, 0.2) is 0 Å². The van der Waals surface area contributed by atoms with Crippen LogP contribution in [0.5, 0.6) is 0 Å². The Morgan fingerprint density at radius 2 is 0.483 bits per heavy atom. The van der Waals surface area contributed by atoms with Gasteiger partial charge in [0.05, 0.1) is 0 Å². The van der Waals surface area contributed by atoms with Gasteiger partial charge < -0.3 is 0 Å². The molecule has 0 heterocycles. The SMILES string of the molecule is CCCCCCCCC#CCCCCCCCCCCCCCCCCCCC. The first-order valence-electron chi connectivity index (χ1n) is 13.9. The molecule has 0 aromatic carbocycles. The molecule has 0 nitrogen and oxygen atoms in total. The standard InChI is InChI=1S/C29H56/c1-3-5-7-9-11-13-15-17-19-21-23-25-27-29-28-26-24-22-20-18-16-14-12-10-8-6-4-2/h3-17,19,21-29H2,1-2H3. The number of hydrogen-bond donors (Lipinski definition) is 0. The smallest absolute Gasteiger partial charge is 0.00886 e. The third-order valence-electron chi connectivity index (χ3n) is 6.19. The van der Waals surface area contributed by atoms with Gasteiger partial charge in [-0.25, -0.2) is 0 Å². The van der Waals surface area contributed by atoms with Gasteiger partial charge in [-0.15, -0.1) is 11.8 Å². The summed E-state index contributed by atoms with van der Waals surface area (Å²) in [6.07, 6.45) is 35.1. The van der Waals surface area contributed by atoms with Gasteiger partial charge in [-0.05, 0) is 12.8 Å². The minimum atomic E-state index is 1.13. The summed E-state index contributed by atoms with van der Waals surface area (Å²) >= 11 is 0. The van der Waals surface area contributed by atoms with E-state index in [1.54, 1.807) is 0 Å². The zero-order valence-corrected chi connectivity index (χ0v) is 20.7. The summed E-state index contributed by atoms with van der Waals surface area (Å²) in [5.74, 6) is 6.77. The van der Waals surface area contributed by atoms with Crippen molar-refractivity contribution in [1.82, 2.24) is 0 Å². The van der Waals surface area contributed by atoms with Crippen molar-refractivity contribution in [1.29, 1.82) is 0 Å². The Kier molecular flexibility index (Phi) is 27.1. The van der Waals surface area contributed by atoms with Crippen LogP contribution in [-0.4, -0.2) is 0 Å². The Labute approximate surface area is 186 Å². The largest absolute Gasteiger partial charge is 0.103 e. The van der Waals surface area contributed by atoms with E-state index in [0.717, 1.165) is 12.8 Å². The van der Waals surface area contributed by atoms with Crippen molar-refractivity contribution in [2.45, 2.75) is 174 Å². The van der Waals surface area contributed by atoms with E-state index in [0.29, 0.717) is 0 Å². The van der Waals surface area contributed by atoms with Crippen LogP contribution in [0.1, 0.15) is 174 Å². The average Bonchev–Trinajstić information content (AvgIpc) is 2.74. The number of unbranched alkanes of at least 4 members (excludes halogenated alkanes) is 23. The first-order chi connectivity index (χ1) is 14.4. The van der Waals surface area contributed by atoms with Gasteiger partial charge in [-0.2, -0.15) is 0 Å². The molecule has 0 bridgehead atoms. The fourth-order valence-corrected chi connectivity index (χ4v) is 4.11. The molecule has 0 unspecified atom stereocenters. The summed E-state index contributed by atoms with van der Waals surface area (Å²) in [7, 11) is 0. The normalized spacial score (nSPS) is 10.8. The zero-order valence-electron chi connectivity index (χ0n) is 20.7. The van der Waals surface area contributed by atoms with Crippen LogP contribution in [0.3, 0.4) is 0 Å². The van der Waals surface area contributed by atoms with Crippen LogP contribution < -0.4 is 0 Å². The molecule has 0 spiro atoms. The maximum atomic E-state index is 3.39. The highest BCUT2D eigenvalue weighted by Gasteiger charge is 1.94. The predicted octanol–water partition coefficient (Wildman–Crippen LogP) is 10.8. The van der Waals surface area contributed by atoms with Gasteiger partial charge in [0, 0.05) is 12.8 Å². The highest BCUT2D eigenvalue weighted by molar-refractivity contribution is 4.98. The fourth-order valence-electron chi connectivity index (χ4n) is 4.11. The lowest BCUT2D eigenvalue weighted by Crippen LogP contribution is -1.83. The van der Waals surface area contributed by atoms with Gasteiger partial charge >= 0.3 is 0 Å². The average molecular weight is 405 g/mol. The minimum Gasteiger partial charge on any atom is -0.103 e. The van der Waals surface area contributed by atoms with E-state index in [2.05, 4.69) is 25.7 Å². The molecule has 0 aromatic heterocycles. The third-order valence-corrected chi connectivity index (χ3v) is 6.19. The van der Waals surface area contributed by atoms with Crippen molar-refractivity contribution in [3.05, 3.63) is 0 Å². The molecule has 0 aliphatic rings. The quantitative estimate of drug-likeness (QED) is 0.117. The van der Waals surface area contributed by atoms with E-state index >= 15 is 0 Å². The summed E-state index contributed by atoms with van der Waals surface area (Å²) < 4.78 is 0. The highest BCUT2D eigenvalue weighted by atomic mass is 14.0. The summed E-state index contributed by atoms with van der Waals surface area (Å²) in [6, 6.07) is 0. The second kappa shape index (κ2) is 27.6. The van der Waals surface area contributed by atoms with Crippen molar-refractivity contribution in [3.63, 3.8) is 0 Å². The molecule has 172 valence electrons. The van der Waals surface area contributed by atoms with Crippen molar-refractivity contribution in [2.24, 2.45) is 0 Å². The number of rotatable bonds is 23. The lowest BCUT2D eigenvalue weighted by Gasteiger charge is -2.03. The molecule has 0 aromatic rings. The molecule has 0 rings (SSSR count). The molecule has 0 saturated heterocycles. The van der Waals surface area contributed by atoms with Crippen molar-refractivity contribution >= 4 is 0 Å². The topological polar surface area (TPSA) is 0 Å². The van der Waals surface area contributed by atoms with Crippen LogP contribution in [0, 0.1) is 11.8 Å². The predicted molar refractivity (Wildman–Crippen MR) is 135 cm³/mol. The monoisotopic (exact) mass is 404 g/mol. The van der Waals surface area contributed by atoms with Gasteiger partial charge in [0.2, 0.25) is 0 Å². The molecule has 0 amide bonds. The van der Waals surface area contributed by atoms with Crippen molar-refractivity contribution in [3.8, 4) is 11.8 Å². The van der Waals surface area contributed by atoms with E-state index in [9.17, 15) is 0 Å². The minimum absolute atomic E-state index is 1.13. The molecule has 0 fully saturated rings. The third kappa shape index (κ3) is 27.6. The molecular weight excluding hydrogens is 348 g/mol. The first-order valence-corrected chi connectivity index (χ1v) is 13.9. The van der Waals surface area contributed by atoms with Gasteiger partial charge in [0.25, 0.3) is 0 Å². The van der Waals surface area contributed by atoms with Crippen LogP contribution in [-0.2, 0) is 0 Å². The van der Waals surface area contributed by atoms with E-state index < -0.39 is 0 Å². The summed E-state index contributed by atoms with van der Waals surface area (Å²) in [5.41, 5.74) is 0. The fraction of sp³-hybridized carbons (Fsp3) is 0.931. The molecule has 29 heavy (non-hydrogen) atoms. The van der Waals surface area contributed by atoms with E-state index in [-0.39, 0.29) is 0 Å². The Hall–Kier alpha value is -0.440. The lowest BCUT2D eigenvalue weighted by molar-refractivity contribution is 0.528. The molecule has 0 N–H and O–H groups in total. The molecule has 0 aliphatic heterocycles. The van der Waals surface area contributed by atoms with Gasteiger partial charge in [-0.3, -0.25) is 0 Å². The molecule has 0 heteroatoms. The van der Waals surface area contributed by atoms with Crippen molar-refractivity contribution in [2.75, 3.05) is 0 Å². The van der Waals surface area contributed by atoms with Crippen molar-refractivity contribution < 1.29 is 0 Å². The van der Waals surface area contributed by atoms with E-state index in [1.807, 2.05) is 0 Å². The van der Waals surface area contributed by atoms with E-state index in [1.165, 1.54) is 148 Å². The van der Waals surface area contributed by atoms with Gasteiger partial charge in [-0.1, -0.05) is 149 Å². The summed E-state index contributed by atoms with van der Waals surface area (Å²) in [6.45, 7) is 4.58. The Morgan fingerprint density at radius 1 is 0.276 bits per heavy atom. The zero-order chi connectivity index (χ0) is 21.1. The lowest BCUT2D eigenvalue weighted by atomic mass is 10.0. The Balaban J connectivity index is 3.06. The molecular formula is C29H56. The number of hydrogen-bond acceptors (Lipinski definition) is 0. The van der Waals surface area contributed by atoms with Crippen LogP contribution in [0.4, 0.5) is 0 Å². The summed E-state index contributed by atoms with van der Waals surface area (Å²) in [4.78, 5) is 0. The maximum absolute atomic E-state index is 3.39. The maximum Gasteiger partial charge on any atom is 0.00886 e. The molecule has 0 atom stereocenters. The summed E-state index contributed by atoms with van der Waals surface area (Å²) in [5, 5.41) is 0. The highest BCUT2D eigenvalue weighted by Crippen LogP contribution is 2.14. The van der Waals surface area contributed by atoms with Gasteiger partial charge in [0.1, 0.15) is 0 Å². The first kappa shape index (κ1) is 28.6.